The van der Waals surface area contributed by atoms with E-state index in [0.717, 1.165) is 32.0 Å². The molecule has 1 atom stereocenters. The van der Waals surface area contributed by atoms with Gasteiger partial charge in [-0.25, -0.2) is 0 Å². The van der Waals surface area contributed by atoms with E-state index in [1.165, 1.54) is 5.69 Å². The number of morpholine rings is 1. The number of hydrogen-bond acceptors (Lipinski definition) is 5. The van der Waals surface area contributed by atoms with Gasteiger partial charge in [-0.3, -0.25) is 0 Å². The van der Waals surface area contributed by atoms with Crippen molar-refractivity contribution in [3.63, 3.8) is 0 Å². The van der Waals surface area contributed by atoms with Crippen LogP contribution in [0.15, 0.2) is 24.3 Å². The molecule has 3 N–H and O–H groups in total. The number of aliphatic hydroxyl groups excluding tert-OH is 2. The molecule has 0 spiro atoms. The summed E-state index contributed by atoms with van der Waals surface area (Å²) in [6.45, 7) is 3.55. The van der Waals surface area contributed by atoms with Crippen LogP contribution in [0.5, 0.6) is 0 Å². The maximum absolute atomic E-state index is 9.24. The highest BCUT2D eigenvalue weighted by molar-refractivity contribution is 5.55. The summed E-state index contributed by atoms with van der Waals surface area (Å²) in [5.74, 6) is 0. The zero-order chi connectivity index (χ0) is 12.8. The van der Waals surface area contributed by atoms with Crippen molar-refractivity contribution in [1.29, 1.82) is 0 Å². The van der Waals surface area contributed by atoms with Gasteiger partial charge in [-0.1, -0.05) is 0 Å². The molecule has 0 aromatic heterocycles. The summed E-state index contributed by atoms with van der Waals surface area (Å²) in [5.41, 5.74) is 2.13. The molecule has 1 fully saturated rings. The molecule has 1 aliphatic heterocycles. The van der Waals surface area contributed by atoms with Gasteiger partial charge in [0.1, 0.15) is 0 Å². The third kappa shape index (κ3) is 3.60. The number of aliphatic hydroxyl groups is 2. The van der Waals surface area contributed by atoms with Crippen molar-refractivity contribution in [2.75, 3.05) is 49.7 Å². The molecule has 0 bridgehead atoms. The number of nitrogens with zero attached hydrogens (tertiary/aromatic N) is 1. The first-order valence-electron chi connectivity index (χ1n) is 6.25. The summed E-state index contributed by atoms with van der Waals surface area (Å²) in [7, 11) is 0. The van der Waals surface area contributed by atoms with Crippen LogP contribution in [-0.4, -0.2) is 55.8 Å². The minimum Gasteiger partial charge on any atom is -0.394 e. The van der Waals surface area contributed by atoms with Crippen molar-refractivity contribution >= 4 is 11.4 Å². The van der Waals surface area contributed by atoms with Crippen molar-refractivity contribution in [2.45, 2.75) is 6.10 Å². The molecule has 1 aromatic carbocycles. The van der Waals surface area contributed by atoms with Gasteiger partial charge in [0.25, 0.3) is 0 Å². The molecule has 1 aromatic rings. The molecule has 1 heterocycles. The zero-order valence-electron chi connectivity index (χ0n) is 10.4. The standard InChI is InChI=1S/C13H20N2O3/c16-10-13(17)9-14-11-1-3-12(4-2-11)15-5-7-18-8-6-15/h1-4,13-14,16-17H,5-10H2. The second kappa shape index (κ2) is 6.58. The second-order valence-corrected chi connectivity index (χ2v) is 4.36. The van der Waals surface area contributed by atoms with Crippen LogP contribution in [0.1, 0.15) is 0 Å². The molecule has 2 rings (SSSR count). The molecule has 0 aliphatic carbocycles. The minimum absolute atomic E-state index is 0.223. The Morgan fingerprint density at radius 2 is 1.89 bits per heavy atom. The third-order valence-corrected chi connectivity index (χ3v) is 3.00. The number of ether oxygens (including phenoxy) is 1. The lowest BCUT2D eigenvalue weighted by molar-refractivity contribution is 0.105. The van der Waals surface area contributed by atoms with E-state index in [-0.39, 0.29) is 6.61 Å². The molecular weight excluding hydrogens is 232 g/mol. The van der Waals surface area contributed by atoms with Crippen molar-refractivity contribution in [1.82, 2.24) is 0 Å². The number of hydrogen-bond donors (Lipinski definition) is 3. The van der Waals surface area contributed by atoms with E-state index in [2.05, 4.69) is 22.3 Å². The van der Waals surface area contributed by atoms with Gasteiger partial charge in [0.2, 0.25) is 0 Å². The van der Waals surface area contributed by atoms with Crippen LogP contribution in [0.3, 0.4) is 0 Å². The van der Waals surface area contributed by atoms with Gasteiger partial charge in [0.15, 0.2) is 0 Å². The average Bonchev–Trinajstić information content (AvgIpc) is 2.46. The lowest BCUT2D eigenvalue weighted by atomic mass is 10.2. The first-order chi connectivity index (χ1) is 8.79. The molecule has 5 nitrogen and oxygen atoms in total. The smallest absolute Gasteiger partial charge is 0.0942 e. The molecule has 0 saturated carbocycles. The van der Waals surface area contributed by atoms with E-state index in [4.69, 9.17) is 9.84 Å². The van der Waals surface area contributed by atoms with E-state index >= 15 is 0 Å². The number of nitrogens with one attached hydrogen (secondary N) is 1. The summed E-state index contributed by atoms with van der Waals surface area (Å²) in [6, 6.07) is 8.07. The number of benzene rings is 1. The fourth-order valence-electron chi connectivity index (χ4n) is 1.91. The highest BCUT2D eigenvalue weighted by Gasteiger charge is 2.10. The molecule has 1 aliphatic rings. The van der Waals surface area contributed by atoms with Crippen LogP contribution < -0.4 is 10.2 Å². The van der Waals surface area contributed by atoms with Crippen molar-refractivity contribution in [3.8, 4) is 0 Å². The molecule has 0 radical (unpaired) electrons. The van der Waals surface area contributed by atoms with Crippen LogP contribution in [0.4, 0.5) is 11.4 Å². The summed E-state index contributed by atoms with van der Waals surface area (Å²) in [6.07, 6.45) is -0.719. The van der Waals surface area contributed by atoms with E-state index in [0.29, 0.717) is 6.54 Å². The summed E-state index contributed by atoms with van der Waals surface area (Å²) in [5, 5.41) is 21.0. The normalized spacial score (nSPS) is 17.6. The van der Waals surface area contributed by atoms with Crippen LogP contribution in [0, 0.1) is 0 Å². The Morgan fingerprint density at radius 3 is 2.50 bits per heavy atom. The maximum Gasteiger partial charge on any atom is 0.0942 e. The fourth-order valence-corrected chi connectivity index (χ4v) is 1.91. The van der Waals surface area contributed by atoms with Gasteiger partial charge in [0.05, 0.1) is 25.9 Å². The van der Waals surface area contributed by atoms with Gasteiger partial charge in [-0.2, -0.15) is 0 Å². The summed E-state index contributed by atoms with van der Waals surface area (Å²) < 4.78 is 5.32. The predicted molar refractivity (Wildman–Crippen MR) is 71.1 cm³/mol. The number of rotatable bonds is 5. The average molecular weight is 252 g/mol. The monoisotopic (exact) mass is 252 g/mol. The Kier molecular flexibility index (Phi) is 4.81. The van der Waals surface area contributed by atoms with E-state index in [1.807, 2.05) is 12.1 Å². The summed E-state index contributed by atoms with van der Waals surface area (Å²) in [4.78, 5) is 2.29. The van der Waals surface area contributed by atoms with Crippen molar-refractivity contribution < 1.29 is 14.9 Å². The minimum atomic E-state index is -0.719. The highest BCUT2D eigenvalue weighted by atomic mass is 16.5. The predicted octanol–water partition coefficient (Wildman–Crippen LogP) is 0.288. The maximum atomic E-state index is 9.24. The molecule has 18 heavy (non-hydrogen) atoms. The van der Waals surface area contributed by atoms with Gasteiger partial charge in [0, 0.05) is 31.0 Å². The molecule has 1 unspecified atom stereocenters. The van der Waals surface area contributed by atoms with E-state index < -0.39 is 6.10 Å². The summed E-state index contributed by atoms with van der Waals surface area (Å²) >= 11 is 0. The van der Waals surface area contributed by atoms with Gasteiger partial charge < -0.3 is 25.2 Å². The topological polar surface area (TPSA) is 65.0 Å². The van der Waals surface area contributed by atoms with Crippen LogP contribution in [0.25, 0.3) is 0 Å². The Morgan fingerprint density at radius 1 is 1.22 bits per heavy atom. The van der Waals surface area contributed by atoms with E-state index in [1.54, 1.807) is 0 Å². The highest BCUT2D eigenvalue weighted by Crippen LogP contribution is 2.18. The van der Waals surface area contributed by atoms with Crippen molar-refractivity contribution in [3.05, 3.63) is 24.3 Å². The first kappa shape index (κ1) is 13.1. The van der Waals surface area contributed by atoms with Crippen LogP contribution in [-0.2, 0) is 4.74 Å². The Bertz CT molecular complexity index is 350. The van der Waals surface area contributed by atoms with Gasteiger partial charge in [-0.05, 0) is 24.3 Å². The van der Waals surface area contributed by atoms with E-state index in [9.17, 15) is 5.11 Å². The molecule has 100 valence electrons. The number of anilines is 2. The largest absolute Gasteiger partial charge is 0.394 e. The fraction of sp³-hybridized carbons (Fsp3) is 0.538. The van der Waals surface area contributed by atoms with Gasteiger partial charge >= 0.3 is 0 Å². The lowest BCUT2D eigenvalue weighted by Gasteiger charge is -2.29. The zero-order valence-corrected chi connectivity index (χ0v) is 10.4. The molecule has 5 heteroatoms. The second-order valence-electron chi connectivity index (χ2n) is 4.36. The van der Waals surface area contributed by atoms with Gasteiger partial charge in [-0.15, -0.1) is 0 Å². The Hall–Kier alpha value is -1.30. The van der Waals surface area contributed by atoms with Crippen LogP contribution >= 0.6 is 0 Å². The Balaban J connectivity index is 1.88. The first-order valence-corrected chi connectivity index (χ1v) is 6.25. The SMILES string of the molecule is OCC(O)CNc1ccc(N2CCOCC2)cc1. The Labute approximate surface area is 107 Å². The molecular formula is C13H20N2O3. The van der Waals surface area contributed by atoms with Crippen molar-refractivity contribution in [2.24, 2.45) is 0 Å². The quantitative estimate of drug-likeness (QED) is 0.703. The molecule has 1 saturated heterocycles. The lowest BCUT2D eigenvalue weighted by Crippen LogP contribution is -2.36. The molecule has 0 amide bonds. The van der Waals surface area contributed by atoms with Crippen LogP contribution in [0.2, 0.25) is 0 Å². The third-order valence-electron chi connectivity index (χ3n) is 3.00.